The maximum absolute atomic E-state index is 13.8. The molecule has 0 fully saturated rings. The predicted octanol–water partition coefficient (Wildman–Crippen LogP) is 16.4. The molecule has 0 aliphatic heterocycles. The molecule has 0 aliphatic carbocycles. The molecule has 0 amide bonds. The van der Waals surface area contributed by atoms with Crippen molar-refractivity contribution in [2.45, 2.75) is 182 Å². The maximum Gasteiger partial charge on any atom is 0.338 e. The molecule has 77 heavy (non-hydrogen) atoms. The third-order valence-electron chi connectivity index (χ3n) is 13.5. The topological polar surface area (TPSA) is 142 Å². The van der Waals surface area contributed by atoms with Crippen LogP contribution in [0.1, 0.15) is 223 Å². The highest BCUT2D eigenvalue weighted by Crippen LogP contribution is 2.26. The van der Waals surface area contributed by atoms with E-state index in [4.69, 9.17) is 37.9 Å². The van der Waals surface area contributed by atoms with Crippen LogP contribution in [0.2, 0.25) is 0 Å². The molecule has 424 valence electrons. The van der Waals surface area contributed by atoms with Crippen molar-refractivity contribution in [3.63, 3.8) is 0 Å². The summed E-state index contributed by atoms with van der Waals surface area (Å²) in [7, 11) is 0. The van der Waals surface area contributed by atoms with Crippen molar-refractivity contribution in [1.82, 2.24) is 0 Å². The molecule has 0 saturated heterocycles. The van der Waals surface area contributed by atoms with E-state index >= 15 is 0 Å². The summed E-state index contributed by atoms with van der Waals surface area (Å²) in [5.74, 6) is -0.249. The number of benzene rings is 4. The van der Waals surface area contributed by atoms with Crippen LogP contribution in [0.4, 0.5) is 0 Å². The number of ether oxygens (including phenoxy) is 8. The Balaban J connectivity index is 1.52. The van der Waals surface area contributed by atoms with Crippen LogP contribution in [0.15, 0.2) is 97.1 Å². The van der Waals surface area contributed by atoms with E-state index in [9.17, 15) is 19.2 Å². The van der Waals surface area contributed by atoms with E-state index < -0.39 is 55.7 Å². The van der Waals surface area contributed by atoms with Crippen LogP contribution in [0.5, 0.6) is 23.0 Å². The average Bonchev–Trinajstić information content (AvgIpc) is 3.46. The third kappa shape index (κ3) is 26.7. The summed E-state index contributed by atoms with van der Waals surface area (Å²) < 4.78 is 47.6. The fraction of sp³-hybridized carbons (Fsp3) is 0.569. The molecule has 12 heteroatoms. The smallest absolute Gasteiger partial charge is 0.338 e. The summed E-state index contributed by atoms with van der Waals surface area (Å²) >= 11 is 0. The molecular weight excluding hydrogens is 973 g/mol. The first-order valence-electron chi connectivity index (χ1n) is 29.3. The zero-order valence-corrected chi connectivity index (χ0v) is 47.3. The van der Waals surface area contributed by atoms with E-state index in [0.29, 0.717) is 49.4 Å². The molecule has 0 unspecified atom stereocenters. The van der Waals surface area contributed by atoms with Crippen LogP contribution in [0.3, 0.4) is 0 Å². The van der Waals surface area contributed by atoms with Gasteiger partial charge in [0, 0.05) is 0 Å². The van der Waals surface area contributed by atoms with Crippen LogP contribution in [0.25, 0.3) is 0 Å². The van der Waals surface area contributed by atoms with Gasteiger partial charge in [-0.2, -0.15) is 0 Å². The fourth-order valence-corrected chi connectivity index (χ4v) is 8.50. The monoisotopic (exact) mass is 1060 g/mol. The second-order valence-electron chi connectivity index (χ2n) is 20.4. The largest absolute Gasteiger partial charge is 0.494 e. The van der Waals surface area contributed by atoms with Gasteiger partial charge in [-0.3, -0.25) is 0 Å². The molecule has 0 aromatic heterocycles. The van der Waals surface area contributed by atoms with Gasteiger partial charge in [-0.1, -0.05) is 156 Å². The summed E-state index contributed by atoms with van der Waals surface area (Å²) in [6.07, 6.45) is 27.4. The number of unbranched alkanes of at least 4 members (excludes halogenated alkanes) is 20. The van der Waals surface area contributed by atoms with E-state index in [0.717, 1.165) is 51.4 Å². The Morgan fingerprint density at radius 1 is 0.273 bits per heavy atom. The Morgan fingerprint density at radius 2 is 0.455 bits per heavy atom. The van der Waals surface area contributed by atoms with Crippen molar-refractivity contribution < 1.29 is 57.1 Å². The van der Waals surface area contributed by atoms with E-state index in [1.165, 1.54) is 103 Å². The Bertz CT molecular complexity index is 1870. The van der Waals surface area contributed by atoms with Gasteiger partial charge in [0.1, 0.15) is 54.8 Å². The van der Waals surface area contributed by atoms with Gasteiger partial charge in [0.15, 0.2) is 0 Å². The van der Waals surface area contributed by atoms with Gasteiger partial charge in [-0.05, 0) is 123 Å². The average molecular weight is 1070 g/mol. The normalized spacial score (nSPS) is 11.2. The van der Waals surface area contributed by atoms with Gasteiger partial charge >= 0.3 is 23.9 Å². The molecule has 0 saturated carbocycles. The zero-order valence-electron chi connectivity index (χ0n) is 47.3. The second kappa shape index (κ2) is 39.3. The minimum absolute atomic E-state index is 0.244. The molecule has 0 spiro atoms. The van der Waals surface area contributed by atoms with Crippen molar-refractivity contribution in [1.29, 1.82) is 0 Å². The van der Waals surface area contributed by atoms with Gasteiger partial charge in [-0.25, -0.2) is 19.2 Å². The highest BCUT2D eigenvalue weighted by atomic mass is 16.6. The highest BCUT2D eigenvalue weighted by molar-refractivity contribution is 5.91. The highest BCUT2D eigenvalue weighted by Gasteiger charge is 2.39. The molecule has 0 aliphatic rings. The number of carbonyl (C=O) groups excluding carboxylic acids is 4. The molecule has 4 aromatic carbocycles. The molecular formula is C65H92O12. The summed E-state index contributed by atoms with van der Waals surface area (Å²) in [6.45, 7) is 9.23. The Labute approximate surface area is 461 Å². The molecule has 4 aromatic rings. The van der Waals surface area contributed by atoms with Gasteiger partial charge < -0.3 is 37.9 Å². The van der Waals surface area contributed by atoms with Crippen molar-refractivity contribution in [2.24, 2.45) is 5.41 Å². The summed E-state index contributed by atoms with van der Waals surface area (Å²) in [6, 6.07) is 26.6. The van der Waals surface area contributed by atoms with Crippen molar-refractivity contribution in [3.8, 4) is 23.0 Å². The van der Waals surface area contributed by atoms with Crippen LogP contribution in [0, 0.1) is 5.41 Å². The van der Waals surface area contributed by atoms with Crippen LogP contribution in [-0.2, 0) is 18.9 Å². The minimum Gasteiger partial charge on any atom is -0.494 e. The number of hydrogen-bond acceptors (Lipinski definition) is 12. The standard InChI is InChI=1S/C65H92O12/c1-5-9-13-17-21-25-45-70-57-37-29-53(30-38-57)61(66)74-49-65(50-75-62(67)54-31-39-58(40-32-54)71-46-26-22-18-14-10-6-2,51-76-63(68)55-33-41-59(42-34-55)72-47-27-23-19-15-11-7-3)52-77-64(69)56-35-43-60(44-36-56)73-48-28-24-20-16-12-8-4/h29-44H,5-28,45-52H2,1-4H3. The van der Waals surface area contributed by atoms with Crippen molar-refractivity contribution in [2.75, 3.05) is 52.9 Å². The maximum atomic E-state index is 13.8. The molecule has 12 nitrogen and oxygen atoms in total. The van der Waals surface area contributed by atoms with Gasteiger partial charge in [0.05, 0.1) is 48.7 Å². The zero-order chi connectivity index (χ0) is 55.0. The Kier molecular flexibility index (Phi) is 32.4. The first kappa shape index (κ1) is 63.5. The summed E-state index contributed by atoms with van der Waals surface area (Å²) in [4.78, 5) is 55.2. The second-order valence-corrected chi connectivity index (χ2v) is 20.4. The number of esters is 4. The number of hydrogen-bond donors (Lipinski definition) is 0. The lowest BCUT2D eigenvalue weighted by molar-refractivity contribution is -0.0642. The summed E-state index contributed by atoms with van der Waals surface area (Å²) in [5, 5.41) is 0. The molecule has 0 bridgehead atoms. The lowest BCUT2D eigenvalue weighted by Gasteiger charge is -2.31. The minimum atomic E-state index is -1.57. The van der Waals surface area contributed by atoms with Crippen molar-refractivity contribution in [3.05, 3.63) is 119 Å². The molecule has 0 radical (unpaired) electrons. The van der Waals surface area contributed by atoms with E-state index in [2.05, 4.69) is 27.7 Å². The molecule has 0 heterocycles. The van der Waals surface area contributed by atoms with Crippen LogP contribution < -0.4 is 18.9 Å². The Hall–Kier alpha value is -6.04. The van der Waals surface area contributed by atoms with Gasteiger partial charge in [0.2, 0.25) is 0 Å². The molecule has 4 rings (SSSR count). The Morgan fingerprint density at radius 3 is 0.649 bits per heavy atom. The van der Waals surface area contributed by atoms with Crippen LogP contribution >= 0.6 is 0 Å². The first-order valence-corrected chi connectivity index (χ1v) is 29.3. The SMILES string of the molecule is CCCCCCCCOc1ccc(C(=O)OCC(COC(=O)c2ccc(OCCCCCCCC)cc2)(COC(=O)c2ccc(OCCCCCCCC)cc2)COC(=O)c2ccc(OCCCCCCCC)cc2)cc1. The molecule has 0 atom stereocenters. The quantitative estimate of drug-likeness (QED) is 0.0236. The van der Waals surface area contributed by atoms with E-state index in [-0.39, 0.29) is 22.3 Å². The summed E-state index contributed by atoms with van der Waals surface area (Å²) in [5.41, 5.74) is -0.597. The third-order valence-corrected chi connectivity index (χ3v) is 13.5. The van der Waals surface area contributed by atoms with Crippen LogP contribution in [-0.4, -0.2) is 76.7 Å². The lowest BCUT2D eigenvalue weighted by atomic mass is 9.92. The van der Waals surface area contributed by atoms with Gasteiger partial charge in [0.25, 0.3) is 0 Å². The van der Waals surface area contributed by atoms with Gasteiger partial charge in [-0.15, -0.1) is 0 Å². The van der Waals surface area contributed by atoms with E-state index in [1.54, 1.807) is 97.1 Å². The number of carbonyl (C=O) groups is 4. The predicted molar refractivity (Wildman–Crippen MR) is 305 cm³/mol. The molecule has 0 N–H and O–H groups in total. The fourth-order valence-electron chi connectivity index (χ4n) is 8.50. The van der Waals surface area contributed by atoms with Crippen molar-refractivity contribution >= 4 is 23.9 Å². The first-order chi connectivity index (χ1) is 37.7. The number of rotatable bonds is 44. The lowest BCUT2D eigenvalue weighted by Crippen LogP contribution is -2.44. The van der Waals surface area contributed by atoms with E-state index in [1.807, 2.05) is 0 Å².